The molecule has 0 radical (unpaired) electrons. The number of likely N-dealkylation sites (tertiary alicyclic amines) is 1. The number of benzene rings is 3. The van der Waals surface area contributed by atoms with Crippen LogP contribution in [0.4, 0.5) is 10.5 Å². The molecule has 0 spiro atoms. The first-order chi connectivity index (χ1) is 17.6. The van der Waals surface area contributed by atoms with Gasteiger partial charge in [-0.25, -0.2) is 9.69 Å². The normalized spacial score (nSPS) is 19.4. The summed E-state index contributed by atoms with van der Waals surface area (Å²) in [4.78, 5) is 45.5. The van der Waals surface area contributed by atoms with E-state index in [4.69, 9.17) is 4.74 Å². The van der Waals surface area contributed by atoms with Gasteiger partial charge in [0.25, 0.3) is 5.91 Å². The minimum Gasteiger partial charge on any atom is -0.436 e. The highest BCUT2D eigenvalue weighted by atomic mass is 16.6. The number of imide groups is 1. The van der Waals surface area contributed by atoms with E-state index in [1.165, 1.54) is 4.90 Å². The van der Waals surface area contributed by atoms with Gasteiger partial charge in [-0.15, -0.1) is 0 Å². The van der Waals surface area contributed by atoms with E-state index in [-0.39, 0.29) is 6.54 Å². The first kappa shape index (κ1) is 23.8. The van der Waals surface area contributed by atoms with Gasteiger partial charge in [0.05, 0.1) is 6.54 Å². The molecule has 7 heteroatoms. The lowest BCUT2D eigenvalue weighted by atomic mass is 10.0. The predicted octanol–water partition coefficient (Wildman–Crippen LogP) is 4.92. The zero-order valence-electron chi connectivity index (χ0n) is 20.0. The third-order valence-electron chi connectivity index (χ3n) is 6.66. The second-order valence-corrected chi connectivity index (χ2v) is 9.10. The highest BCUT2D eigenvalue weighted by Crippen LogP contribution is 2.40. The summed E-state index contributed by atoms with van der Waals surface area (Å²) in [5, 5.41) is 0. The zero-order valence-corrected chi connectivity index (χ0v) is 20.0. The molecule has 2 unspecified atom stereocenters. The molecule has 0 aliphatic carbocycles. The van der Waals surface area contributed by atoms with Crippen molar-refractivity contribution in [2.75, 3.05) is 24.5 Å². The summed E-state index contributed by atoms with van der Waals surface area (Å²) in [6.45, 7) is 1.80. The summed E-state index contributed by atoms with van der Waals surface area (Å²) in [7, 11) is 0. The van der Waals surface area contributed by atoms with Crippen LogP contribution in [0.1, 0.15) is 42.7 Å². The van der Waals surface area contributed by atoms with Gasteiger partial charge in [0.15, 0.2) is 0 Å². The Morgan fingerprint density at radius 2 is 1.39 bits per heavy atom. The molecule has 2 heterocycles. The molecule has 2 aliphatic rings. The lowest BCUT2D eigenvalue weighted by Crippen LogP contribution is -2.41. The number of anilines is 1. The minimum atomic E-state index is -1.16. The molecule has 0 saturated carbocycles. The van der Waals surface area contributed by atoms with Crippen molar-refractivity contribution in [3.63, 3.8) is 0 Å². The van der Waals surface area contributed by atoms with Gasteiger partial charge in [-0.2, -0.15) is 0 Å². The van der Waals surface area contributed by atoms with Crippen molar-refractivity contribution >= 4 is 23.6 Å². The fourth-order valence-corrected chi connectivity index (χ4v) is 4.90. The number of ether oxygens (including phenoxy) is 1. The van der Waals surface area contributed by atoms with Crippen LogP contribution in [0.15, 0.2) is 91.0 Å². The summed E-state index contributed by atoms with van der Waals surface area (Å²) in [6.07, 6.45) is 2.08. The van der Waals surface area contributed by atoms with Crippen LogP contribution < -0.4 is 4.90 Å². The van der Waals surface area contributed by atoms with E-state index in [9.17, 15) is 14.4 Å². The zero-order chi connectivity index (χ0) is 24.9. The van der Waals surface area contributed by atoms with E-state index in [0.717, 1.165) is 37.3 Å². The van der Waals surface area contributed by atoms with Gasteiger partial charge < -0.3 is 4.74 Å². The topological polar surface area (TPSA) is 70.2 Å². The lowest BCUT2D eigenvalue weighted by Gasteiger charge is -2.29. The number of urea groups is 1. The van der Waals surface area contributed by atoms with Gasteiger partial charge in [-0.05, 0) is 43.6 Å². The monoisotopic (exact) mass is 483 g/mol. The average Bonchev–Trinajstić information content (AvgIpc) is 3.19. The smallest absolute Gasteiger partial charge is 0.335 e. The highest BCUT2D eigenvalue weighted by molar-refractivity contribution is 6.14. The molecule has 36 heavy (non-hydrogen) atoms. The summed E-state index contributed by atoms with van der Waals surface area (Å²) in [5.41, 5.74) is 1.85. The lowest BCUT2D eigenvalue weighted by molar-refractivity contribution is -0.161. The molecule has 3 amide bonds. The van der Waals surface area contributed by atoms with Gasteiger partial charge in [0.2, 0.25) is 6.23 Å². The number of esters is 1. The molecule has 184 valence electrons. The summed E-state index contributed by atoms with van der Waals surface area (Å²) >= 11 is 0. The fourth-order valence-electron chi connectivity index (χ4n) is 4.90. The number of hydrogen-bond acceptors (Lipinski definition) is 5. The van der Waals surface area contributed by atoms with Crippen molar-refractivity contribution < 1.29 is 19.1 Å². The molecular weight excluding hydrogens is 454 g/mol. The Balaban J connectivity index is 1.50. The van der Waals surface area contributed by atoms with Crippen molar-refractivity contribution in [3.05, 3.63) is 102 Å². The van der Waals surface area contributed by atoms with Gasteiger partial charge >= 0.3 is 12.0 Å². The molecule has 3 aromatic rings. The molecular formula is C29H29N3O4. The molecule has 2 fully saturated rings. The van der Waals surface area contributed by atoms with Crippen molar-refractivity contribution in [2.24, 2.45) is 0 Å². The Morgan fingerprint density at radius 1 is 0.806 bits per heavy atom. The molecule has 5 rings (SSSR count). The maximum Gasteiger partial charge on any atom is 0.335 e. The summed E-state index contributed by atoms with van der Waals surface area (Å²) in [5.74, 6) is -0.893. The molecule has 0 aromatic heterocycles. The Hall–Kier alpha value is -3.97. The van der Waals surface area contributed by atoms with Crippen molar-refractivity contribution in [1.82, 2.24) is 9.80 Å². The number of nitrogens with zero attached hydrogens (tertiary/aromatic N) is 3. The van der Waals surface area contributed by atoms with Crippen molar-refractivity contribution in [2.45, 2.75) is 31.5 Å². The number of carbonyl (C=O) groups excluding carboxylic acids is 3. The maximum atomic E-state index is 13.9. The van der Waals surface area contributed by atoms with Gasteiger partial charge in [0, 0.05) is 11.3 Å². The van der Waals surface area contributed by atoms with E-state index in [0.29, 0.717) is 16.8 Å². The quantitative estimate of drug-likeness (QED) is 0.352. The number of hydrogen-bond donors (Lipinski definition) is 0. The first-order valence-corrected chi connectivity index (χ1v) is 12.4. The predicted molar refractivity (Wildman–Crippen MR) is 136 cm³/mol. The van der Waals surface area contributed by atoms with Crippen LogP contribution in [-0.4, -0.2) is 47.3 Å². The SMILES string of the molecule is O=C(CN1CCCCC1)OC(c1ccccc1)N1C(=O)C(c2ccccc2)N(c2ccccc2)C1=O. The largest absolute Gasteiger partial charge is 0.436 e. The maximum absolute atomic E-state index is 13.9. The molecule has 0 N–H and O–H groups in total. The Bertz CT molecular complexity index is 1140. The second kappa shape index (κ2) is 10.7. The van der Waals surface area contributed by atoms with E-state index < -0.39 is 30.2 Å². The van der Waals surface area contributed by atoms with Crippen molar-refractivity contribution in [1.29, 1.82) is 0 Å². The van der Waals surface area contributed by atoms with Crippen LogP contribution in [0.2, 0.25) is 0 Å². The number of rotatable bonds is 7. The molecule has 2 aliphatic heterocycles. The van der Waals surface area contributed by atoms with Crippen LogP contribution in [0.3, 0.4) is 0 Å². The molecule has 0 bridgehead atoms. The standard InChI is InChI=1S/C29H29N3O4/c33-25(21-30-19-11-4-12-20-30)36-28(23-15-7-2-8-16-23)32-27(34)26(22-13-5-1-6-14-22)31(29(32)35)24-17-9-3-10-18-24/h1-3,5-10,13-18,26,28H,4,11-12,19-21H2. The first-order valence-electron chi connectivity index (χ1n) is 12.4. The third kappa shape index (κ3) is 4.88. The molecule has 2 saturated heterocycles. The second-order valence-electron chi connectivity index (χ2n) is 9.10. The van der Waals surface area contributed by atoms with E-state index >= 15 is 0 Å². The van der Waals surface area contributed by atoms with E-state index in [1.807, 2.05) is 54.6 Å². The Morgan fingerprint density at radius 3 is 2.03 bits per heavy atom. The van der Waals surface area contributed by atoms with Gasteiger partial charge in [-0.3, -0.25) is 19.4 Å². The number of piperidine rings is 1. The Labute approximate surface area is 210 Å². The summed E-state index contributed by atoms with van der Waals surface area (Å²) in [6, 6.07) is 25.9. The van der Waals surface area contributed by atoms with Crippen molar-refractivity contribution in [3.8, 4) is 0 Å². The minimum absolute atomic E-state index is 0.129. The van der Waals surface area contributed by atoms with Crippen LogP contribution in [-0.2, 0) is 14.3 Å². The Kier molecular flexibility index (Phi) is 7.09. The van der Waals surface area contributed by atoms with Crippen LogP contribution in [0.25, 0.3) is 0 Å². The van der Waals surface area contributed by atoms with Gasteiger partial charge in [-0.1, -0.05) is 85.3 Å². The molecule has 2 atom stereocenters. The van der Waals surface area contributed by atoms with Gasteiger partial charge in [0.1, 0.15) is 6.04 Å². The van der Waals surface area contributed by atoms with E-state index in [2.05, 4.69) is 4.90 Å². The van der Waals surface area contributed by atoms with Crippen LogP contribution >= 0.6 is 0 Å². The average molecular weight is 484 g/mol. The number of amides is 3. The summed E-state index contributed by atoms with van der Waals surface area (Å²) < 4.78 is 5.91. The van der Waals surface area contributed by atoms with Crippen LogP contribution in [0, 0.1) is 0 Å². The number of carbonyl (C=O) groups is 3. The number of para-hydroxylation sites is 1. The van der Waals surface area contributed by atoms with Crippen LogP contribution in [0.5, 0.6) is 0 Å². The van der Waals surface area contributed by atoms with E-state index in [1.54, 1.807) is 36.4 Å². The molecule has 7 nitrogen and oxygen atoms in total. The molecule has 3 aromatic carbocycles. The highest BCUT2D eigenvalue weighted by Gasteiger charge is 2.51. The fraction of sp³-hybridized carbons (Fsp3) is 0.276. The third-order valence-corrected chi connectivity index (χ3v) is 6.66.